The molecule has 1 nitrogen and oxygen atoms in total. The molecule has 70 valence electrons. The summed E-state index contributed by atoms with van der Waals surface area (Å²) in [6.07, 6.45) is 8.15. The highest BCUT2D eigenvalue weighted by Gasteiger charge is 2.01. The molecular weight excluding hydrogens is 168 g/mol. The van der Waals surface area contributed by atoms with Crippen molar-refractivity contribution in [1.82, 2.24) is 0 Å². The van der Waals surface area contributed by atoms with E-state index in [0.717, 1.165) is 12.3 Å². The molecule has 0 bridgehead atoms. The Balaban J connectivity index is 3.63. The third kappa shape index (κ3) is 6.47. The first-order valence-corrected chi connectivity index (χ1v) is 5.04. The van der Waals surface area contributed by atoms with Crippen LogP contribution in [-0.4, -0.2) is 5.12 Å². The van der Waals surface area contributed by atoms with Crippen LogP contribution < -0.4 is 0 Å². The fourth-order valence-electron chi connectivity index (χ4n) is 1.26. The molecule has 1 unspecified atom stereocenters. The van der Waals surface area contributed by atoms with Crippen molar-refractivity contribution < 1.29 is 4.79 Å². The molecule has 0 spiro atoms. The van der Waals surface area contributed by atoms with Crippen molar-refractivity contribution in [3.63, 3.8) is 0 Å². The standard InChI is InChI=1S/C10H18OS/c1-3-6-9(4-2)7-5-8-10(11)12/h5,8-9H,3-4,6-7H2,1-2H3,(H,11,12). The maximum Gasteiger partial charge on any atom is 0.208 e. The van der Waals surface area contributed by atoms with Crippen LogP contribution in [-0.2, 0) is 4.79 Å². The van der Waals surface area contributed by atoms with E-state index in [9.17, 15) is 4.79 Å². The predicted molar refractivity (Wildman–Crippen MR) is 56.4 cm³/mol. The minimum absolute atomic E-state index is 0.152. The Morgan fingerprint density at radius 1 is 1.50 bits per heavy atom. The van der Waals surface area contributed by atoms with Gasteiger partial charge in [0, 0.05) is 0 Å². The van der Waals surface area contributed by atoms with Gasteiger partial charge in [0.05, 0.1) is 0 Å². The van der Waals surface area contributed by atoms with Crippen LogP contribution in [0.4, 0.5) is 0 Å². The Morgan fingerprint density at radius 3 is 2.58 bits per heavy atom. The third-order valence-corrected chi connectivity index (χ3v) is 2.15. The zero-order valence-electron chi connectivity index (χ0n) is 7.92. The van der Waals surface area contributed by atoms with Gasteiger partial charge in [-0.05, 0) is 18.4 Å². The Hall–Kier alpha value is -0.240. The Bertz CT molecular complexity index is 152. The van der Waals surface area contributed by atoms with Gasteiger partial charge in [-0.25, -0.2) is 0 Å². The van der Waals surface area contributed by atoms with Crippen molar-refractivity contribution in [3.05, 3.63) is 12.2 Å². The van der Waals surface area contributed by atoms with Crippen LogP contribution in [0.5, 0.6) is 0 Å². The van der Waals surface area contributed by atoms with E-state index in [1.54, 1.807) is 6.08 Å². The van der Waals surface area contributed by atoms with E-state index in [4.69, 9.17) is 0 Å². The van der Waals surface area contributed by atoms with Gasteiger partial charge in [0.1, 0.15) is 0 Å². The lowest BCUT2D eigenvalue weighted by Crippen LogP contribution is -1.95. The highest BCUT2D eigenvalue weighted by Crippen LogP contribution is 2.15. The largest absolute Gasteiger partial charge is 0.283 e. The van der Waals surface area contributed by atoms with Crippen LogP contribution >= 0.6 is 12.6 Å². The SMILES string of the molecule is CCCC(CC)CC=CC(=O)S. The van der Waals surface area contributed by atoms with E-state index in [2.05, 4.69) is 26.5 Å². The van der Waals surface area contributed by atoms with Crippen molar-refractivity contribution in [2.24, 2.45) is 5.92 Å². The molecule has 0 saturated carbocycles. The summed E-state index contributed by atoms with van der Waals surface area (Å²) < 4.78 is 0. The first-order valence-electron chi connectivity index (χ1n) is 4.60. The highest BCUT2D eigenvalue weighted by molar-refractivity contribution is 7.97. The molecule has 0 aliphatic rings. The molecule has 0 aliphatic carbocycles. The molecule has 0 amide bonds. The average molecular weight is 186 g/mol. The quantitative estimate of drug-likeness (QED) is 0.498. The molecular formula is C10H18OS. The maximum atomic E-state index is 10.4. The number of hydrogen-bond acceptors (Lipinski definition) is 1. The van der Waals surface area contributed by atoms with E-state index >= 15 is 0 Å². The molecule has 0 heterocycles. The summed E-state index contributed by atoms with van der Waals surface area (Å²) in [5.74, 6) is 0.735. The van der Waals surface area contributed by atoms with Gasteiger partial charge in [-0.15, -0.1) is 12.6 Å². The molecule has 0 aromatic rings. The summed E-state index contributed by atoms with van der Waals surface area (Å²) in [4.78, 5) is 10.4. The van der Waals surface area contributed by atoms with Crippen molar-refractivity contribution in [1.29, 1.82) is 0 Å². The summed E-state index contributed by atoms with van der Waals surface area (Å²) in [7, 11) is 0. The normalized spacial score (nSPS) is 13.6. The van der Waals surface area contributed by atoms with Gasteiger partial charge < -0.3 is 0 Å². The van der Waals surface area contributed by atoms with Gasteiger partial charge >= 0.3 is 0 Å². The van der Waals surface area contributed by atoms with Gasteiger partial charge in [-0.2, -0.15) is 0 Å². The van der Waals surface area contributed by atoms with Gasteiger partial charge in [0.15, 0.2) is 0 Å². The van der Waals surface area contributed by atoms with Gasteiger partial charge in [-0.3, -0.25) is 4.79 Å². The van der Waals surface area contributed by atoms with E-state index in [1.807, 2.05) is 6.08 Å². The molecule has 0 aromatic heterocycles. The van der Waals surface area contributed by atoms with Crippen LogP contribution in [0.1, 0.15) is 39.5 Å². The number of thiol groups is 1. The first-order chi connectivity index (χ1) is 5.70. The minimum Gasteiger partial charge on any atom is -0.283 e. The van der Waals surface area contributed by atoms with Crippen LogP contribution in [0.3, 0.4) is 0 Å². The van der Waals surface area contributed by atoms with Crippen molar-refractivity contribution in [2.45, 2.75) is 39.5 Å². The molecule has 0 fully saturated rings. The molecule has 2 heteroatoms. The van der Waals surface area contributed by atoms with Crippen LogP contribution in [0.25, 0.3) is 0 Å². The molecule has 12 heavy (non-hydrogen) atoms. The summed E-state index contributed by atoms with van der Waals surface area (Å²) in [6.45, 7) is 4.38. The summed E-state index contributed by atoms with van der Waals surface area (Å²) in [6, 6.07) is 0. The fourth-order valence-corrected chi connectivity index (χ4v) is 1.36. The Labute approximate surface area is 80.7 Å². The lowest BCUT2D eigenvalue weighted by molar-refractivity contribution is -0.106. The van der Waals surface area contributed by atoms with Crippen molar-refractivity contribution >= 4 is 17.7 Å². The summed E-state index contributed by atoms with van der Waals surface area (Å²) in [5.41, 5.74) is 0. The second-order valence-electron chi connectivity index (χ2n) is 3.04. The molecule has 1 atom stereocenters. The van der Waals surface area contributed by atoms with E-state index in [1.165, 1.54) is 19.3 Å². The lowest BCUT2D eigenvalue weighted by Gasteiger charge is -2.09. The number of allylic oxidation sites excluding steroid dienone is 1. The number of rotatable bonds is 6. The van der Waals surface area contributed by atoms with Crippen LogP contribution in [0.2, 0.25) is 0 Å². The second kappa shape index (κ2) is 7.41. The molecule has 0 saturated heterocycles. The molecule has 0 N–H and O–H groups in total. The van der Waals surface area contributed by atoms with Gasteiger partial charge in [-0.1, -0.05) is 39.2 Å². The Morgan fingerprint density at radius 2 is 2.17 bits per heavy atom. The van der Waals surface area contributed by atoms with E-state index < -0.39 is 0 Å². The molecule has 0 radical (unpaired) electrons. The van der Waals surface area contributed by atoms with Crippen molar-refractivity contribution in [2.75, 3.05) is 0 Å². The third-order valence-electron chi connectivity index (χ3n) is 2.00. The molecule has 0 aromatic carbocycles. The predicted octanol–water partition coefficient (Wildman–Crippen LogP) is 3.22. The highest BCUT2D eigenvalue weighted by atomic mass is 32.1. The van der Waals surface area contributed by atoms with E-state index in [0.29, 0.717) is 0 Å². The maximum absolute atomic E-state index is 10.4. The van der Waals surface area contributed by atoms with E-state index in [-0.39, 0.29) is 5.12 Å². The summed E-state index contributed by atoms with van der Waals surface area (Å²) >= 11 is 3.66. The van der Waals surface area contributed by atoms with Crippen LogP contribution in [0, 0.1) is 5.92 Å². The number of hydrogen-bond donors (Lipinski definition) is 1. The average Bonchev–Trinajstić information content (AvgIpc) is 2.02. The first kappa shape index (κ1) is 11.8. The number of carbonyl (C=O) groups excluding carboxylic acids is 1. The second-order valence-corrected chi connectivity index (χ2v) is 3.48. The monoisotopic (exact) mass is 186 g/mol. The smallest absolute Gasteiger partial charge is 0.208 e. The zero-order valence-corrected chi connectivity index (χ0v) is 8.81. The Kier molecular flexibility index (Phi) is 7.26. The minimum atomic E-state index is -0.152. The van der Waals surface area contributed by atoms with Crippen LogP contribution in [0.15, 0.2) is 12.2 Å². The summed E-state index contributed by atoms with van der Waals surface area (Å²) in [5, 5.41) is -0.152. The van der Waals surface area contributed by atoms with Crippen molar-refractivity contribution in [3.8, 4) is 0 Å². The topological polar surface area (TPSA) is 17.1 Å². The lowest BCUT2D eigenvalue weighted by atomic mass is 9.97. The van der Waals surface area contributed by atoms with Gasteiger partial charge in [0.25, 0.3) is 0 Å². The fraction of sp³-hybridized carbons (Fsp3) is 0.700. The zero-order chi connectivity index (χ0) is 9.40. The van der Waals surface area contributed by atoms with Gasteiger partial charge in [0.2, 0.25) is 5.12 Å². The molecule has 0 rings (SSSR count). The molecule has 0 aliphatic heterocycles. The number of carbonyl (C=O) groups is 1.